The monoisotopic (exact) mass is 227 g/mol. The third kappa shape index (κ3) is 3.05. The van der Waals surface area contributed by atoms with Gasteiger partial charge in [0.2, 0.25) is 0 Å². The first kappa shape index (κ1) is 13.7. The Morgan fingerprint density at radius 3 is 2.44 bits per heavy atom. The van der Waals surface area contributed by atoms with E-state index in [0.29, 0.717) is 6.61 Å². The van der Waals surface area contributed by atoms with Crippen LogP contribution in [0.25, 0.3) is 0 Å². The van der Waals surface area contributed by atoms with Crippen LogP contribution in [0.5, 0.6) is 0 Å². The quantitative estimate of drug-likeness (QED) is 0.625. The molecule has 1 aliphatic heterocycles. The molecule has 1 unspecified atom stereocenters. The number of carbonyl (C=O) groups excluding carboxylic acids is 1. The summed E-state index contributed by atoms with van der Waals surface area (Å²) in [5.41, 5.74) is -0.301. The molecule has 0 aromatic carbocycles. The molecule has 0 radical (unpaired) electrons. The van der Waals surface area contributed by atoms with Crippen LogP contribution in [0.15, 0.2) is 0 Å². The number of ketones is 1. The molecule has 3 nitrogen and oxygen atoms in total. The van der Waals surface area contributed by atoms with Gasteiger partial charge in [0.05, 0.1) is 5.54 Å². The van der Waals surface area contributed by atoms with Crippen molar-refractivity contribution in [3.63, 3.8) is 0 Å². The van der Waals surface area contributed by atoms with Gasteiger partial charge in [0, 0.05) is 6.61 Å². The van der Waals surface area contributed by atoms with Gasteiger partial charge in [0.25, 0.3) is 0 Å². The molecule has 1 aliphatic rings. The SMILES string of the molecule is CCCOCC(=O)C(C)(CC)N1CCCC1. The zero-order chi connectivity index (χ0) is 12.0. The van der Waals surface area contributed by atoms with E-state index in [1.165, 1.54) is 12.8 Å². The van der Waals surface area contributed by atoms with Gasteiger partial charge >= 0.3 is 0 Å². The molecule has 0 saturated carbocycles. The molecule has 0 aromatic rings. The maximum Gasteiger partial charge on any atom is 0.178 e. The van der Waals surface area contributed by atoms with Crippen molar-refractivity contribution in [1.29, 1.82) is 0 Å². The molecule has 1 fully saturated rings. The first-order valence-electron chi connectivity index (χ1n) is 6.51. The van der Waals surface area contributed by atoms with Crippen LogP contribution in [-0.4, -0.2) is 42.5 Å². The van der Waals surface area contributed by atoms with Gasteiger partial charge in [-0.05, 0) is 45.7 Å². The Morgan fingerprint density at radius 1 is 1.31 bits per heavy atom. The highest BCUT2D eigenvalue weighted by atomic mass is 16.5. The number of likely N-dealkylation sites (tertiary alicyclic amines) is 1. The van der Waals surface area contributed by atoms with E-state index < -0.39 is 0 Å². The topological polar surface area (TPSA) is 29.5 Å². The lowest BCUT2D eigenvalue weighted by Crippen LogP contribution is -2.52. The summed E-state index contributed by atoms with van der Waals surface area (Å²) in [5, 5.41) is 0. The number of hydrogen-bond donors (Lipinski definition) is 0. The minimum Gasteiger partial charge on any atom is -0.374 e. The van der Waals surface area contributed by atoms with E-state index in [-0.39, 0.29) is 17.9 Å². The zero-order valence-electron chi connectivity index (χ0n) is 10.9. The van der Waals surface area contributed by atoms with E-state index in [0.717, 1.165) is 25.9 Å². The van der Waals surface area contributed by atoms with Crippen LogP contribution in [0.3, 0.4) is 0 Å². The summed E-state index contributed by atoms with van der Waals surface area (Å²) in [6.07, 6.45) is 4.29. The van der Waals surface area contributed by atoms with Crippen molar-refractivity contribution in [3.05, 3.63) is 0 Å². The van der Waals surface area contributed by atoms with Gasteiger partial charge in [-0.2, -0.15) is 0 Å². The average molecular weight is 227 g/mol. The molecule has 3 heteroatoms. The van der Waals surface area contributed by atoms with Gasteiger partial charge in [-0.3, -0.25) is 9.69 Å². The predicted octanol–water partition coefficient (Wildman–Crippen LogP) is 2.25. The fraction of sp³-hybridized carbons (Fsp3) is 0.923. The summed E-state index contributed by atoms with van der Waals surface area (Å²) in [5.74, 6) is 0.241. The standard InChI is InChI=1S/C13H25NO2/c1-4-10-16-11-12(15)13(3,5-2)14-8-6-7-9-14/h4-11H2,1-3H3. The number of carbonyl (C=O) groups is 1. The molecule has 0 aromatic heterocycles. The summed E-state index contributed by atoms with van der Waals surface area (Å²) in [4.78, 5) is 14.5. The van der Waals surface area contributed by atoms with Crippen LogP contribution >= 0.6 is 0 Å². The highest BCUT2D eigenvalue weighted by Crippen LogP contribution is 2.25. The number of hydrogen-bond acceptors (Lipinski definition) is 3. The smallest absolute Gasteiger partial charge is 0.178 e. The fourth-order valence-corrected chi connectivity index (χ4v) is 2.27. The molecule has 1 atom stereocenters. The number of Topliss-reactive ketones (excluding diaryl/α,β-unsaturated/α-hetero) is 1. The van der Waals surface area contributed by atoms with E-state index in [2.05, 4.69) is 25.7 Å². The Hall–Kier alpha value is -0.410. The van der Waals surface area contributed by atoms with Crippen molar-refractivity contribution in [2.75, 3.05) is 26.3 Å². The van der Waals surface area contributed by atoms with Crippen LogP contribution < -0.4 is 0 Å². The van der Waals surface area contributed by atoms with Crippen molar-refractivity contribution >= 4 is 5.78 Å². The number of rotatable bonds is 7. The fourth-order valence-electron chi connectivity index (χ4n) is 2.27. The van der Waals surface area contributed by atoms with Gasteiger partial charge in [0.15, 0.2) is 5.78 Å². The summed E-state index contributed by atoms with van der Waals surface area (Å²) in [6, 6.07) is 0. The largest absolute Gasteiger partial charge is 0.374 e. The Labute approximate surface area is 99.1 Å². The molecule has 0 amide bonds. The first-order valence-corrected chi connectivity index (χ1v) is 6.51. The summed E-state index contributed by atoms with van der Waals surface area (Å²) in [7, 11) is 0. The van der Waals surface area contributed by atoms with Crippen molar-refractivity contribution < 1.29 is 9.53 Å². The van der Waals surface area contributed by atoms with Crippen LogP contribution in [0, 0.1) is 0 Å². The molecular weight excluding hydrogens is 202 g/mol. The van der Waals surface area contributed by atoms with E-state index in [1.807, 2.05) is 0 Å². The molecule has 0 bridgehead atoms. The Kier molecular flexibility index (Phi) is 5.42. The second-order valence-corrected chi connectivity index (χ2v) is 4.80. The molecule has 1 rings (SSSR count). The van der Waals surface area contributed by atoms with Gasteiger partial charge in [-0.15, -0.1) is 0 Å². The summed E-state index contributed by atoms with van der Waals surface area (Å²) < 4.78 is 5.38. The highest BCUT2D eigenvalue weighted by Gasteiger charge is 2.38. The third-order valence-corrected chi connectivity index (χ3v) is 3.67. The molecule has 16 heavy (non-hydrogen) atoms. The molecule has 1 saturated heterocycles. The number of nitrogens with zero attached hydrogens (tertiary/aromatic N) is 1. The van der Waals surface area contributed by atoms with Crippen molar-refractivity contribution in [1.82, 2.24) is 4.90 Å². The Morgan fingerprint density at radius 2 is 1.94 bits per heavy atom. The van der Waals surface area contributed by atoms with Crippen LogP contribution in [0.4, 0.5) is 0 Å². The zero-order valence-corrected chi connectivity index (χ0v) is 10.9. The normalized spacial score (nSPS) is 20.9. The third-order valence-electron chi connectivity index (χ3n) is 3.67. The average Bonchev–Trinajstić information content (AvgIpc) is 2.82. The molecule has 1 heterocycles. The first-order chi connectivity index (χ1) is 7.65. The second-order valence-electron chi connectivity index (χ2n) is 4.80. The van der Waals surface area contributed by atoms with Gasteiger partial charge < -0.3 is 4.74 Å². The second kappa shape index (κ2) is 6.36. The lowest BCUT2D eigenvalue weighted by Gasteiger charge is -2.36. The predicted molar refractivity (Wildman–Crippen MR) is 65.6 cm³/mol. The minimum atomic E-state index is -0.301. The van der Waals surface area contributed by atoms with Gasteiger partial charge in [-0.25, -0.2) is 0 Å². The molecule has 94 valence electrons. The van der Waals surface area contributed by atoms with Crippen LogP contribution in [-0.2, 0) is 9.53 Å². The molecule has 0 aliphatic carbocycles. The van der Waals surface area contributed by atoms with Crippen molar-refractivity contribution in [2.24, 2.45) is 0 Å². The van der Waals surface area contributed by atoms with Gasteiger partial charge in [0.1, 0.15) is 6.61 Å². The van der Waals surface area contributed by atoms with E-state index in [4.69, 9.17) is 4.74 Å². The lowest BCUT2D eigenvalue weighted by atomic mass is 9.91. The van der Waals surface area contributed by atoms with Gasteiger partial charge in [-0.1, -0.05) is 13.8 Å². The Bertz CT molecular complexity index is 224. The molecular formula is C13H25NO2. The van der Waals surface area contributed by atoms with Crippen molar-refractivity contribution in [2.45, 2.75) is 52.0 Å². The van der Waals surface area contributed by atoms with Crippen LogP contribution in [0.2, 0.25) is 0 Å². The summed E-state index contributed by atoms with van der Waals surface area (Å²) in [6.45, 7) is 9.30. The van der Waals surface area contributed by atoms with E-state index in [1.54, 1.807) is 0 Å². The minimum absolute atomic E-state index is 0.241. The molecule has 0 spiro atoms. The molecule has 0 N–H and O–H groups in total. The van der Waals surface area contributed by atoms with Crippen LogP contribution in [0.1, 0.15) is 46.5 Å². The Balaban J connectivity index is 2.52. The highest BCUT2D eigenvalue weighted by molar-refractivity contribution is 5.89. The van der Waals surface area contributed by atoms with E-state index in [9.17, 15) is 4.79 Å². The maximum atomic E-state index is 12.2. The maximum absolute atomic E-state index is 12.2. The lowest BCUT2D eigenvalue weighted by molar-refractivity contribution is -0.134. The summed E-state index contributed by atoms with van der Waals surface area (Å²) >= 11 is 0. The number of ether oxygens (including phenoxy) is 1. The van der Waals surface area contributed by atoms with Crippen molar-refractivity contribution in [3.8, 4) is 0 Å². The van der Waals surface area contributed by atoms with E-state index >= 15 is 0 Å².